The van der Waals surface area contributed by atoms with Gasteiger partial charge in [0, 0.05) is 94.5 Å². The highest BCUT2D eigenvalue weighted by Gasteiger charge is 1.77. The molecule has 0 heterocycles. The van der Waals surface area contributed by atoms with Gasteiger partial charge in [0.1, 0.15) is 6.29 Å². The monoisotopic (exact) mass is 563 g/mol. The molecule has 4 nitrogen and oxygen atoms in total. The van der Waals surface area contributed by atoms with Crippen LogP contribution in [0, 0.1) is 0 Å². The van der Waals surface area contributed by atoms with Gasteiger partial charge in [0.15, 0.2) is 0 Å². The minimum absolute atomic E-state index is 0.750. The maximum Gasteiger partial charge on any atom is 0.116 e. The van der Waals surface area contributed by atoms with Crippen molar-refractivity contribution >= 4 is 100 Å². The number of hydrogen-bond donors (Lipinski definition) is 2. The maximum atomic E-state index is 8.81. The SMILES string of the molecule is CC=NCCC.CC=O.CCCN.CCCNSCC.S=S=S=S=S=S=S=S. The summed E-state index contributed by atoms with van der Waals surface area (Å²) in [7, 11) is 9.12. The fourth-order valence-electron chi connectivity index (χ4n) is 0.580. The maximum absolute atomic E-state index is 8.81. The molecule has 0 aliphatic carbocycles. The lowest BCUT2D eigenvalue weighted by molar-refractivity contribution is -0.106. The Kier molecular flexibility index (Phi) is 80.5. The molecule has 0 atom stereocenters. The molecule has 172 valence electrons. The second kappa shape index (κ2) is 56.6. The first-order chi connectivity index (χ1) is 13.6. The molecule has 0 radical (unpaired) electrons. The van der Waals surface area contributed by atoms with Gasteiger partial charge in [-0.1, -0.05) is 39.6 Å². The molecule has 0 saturated carbocycles. The summed E-state index contributed by atoms with van der Waals surface area (Å²) < 4.78 is 3.20. The first-order valence-electron chi connectivity index (χ1n) is 8.71. The van der Waals surface area contributed by atoms with Crippen molar-refractivity contribution in [3.8, 4) is 0 Å². The van der Waals surface area contributed by atoms with E-state index < -0.39 is 0 Å². The second-order valence-electron chi connectivity index (χ2n) is 3.92. The van der Waals surface area contributed by atoms with Crippen molar-refractivity contribution in [1.29, 1.82) is 0 Å². The van der Waals surface area contributed by atoms with E-state index in [-0.39, 0.29) is 0 Å². The van der Waals surface area contributed by atoms with Crippen molar-refractivity contribution in [3.63, 3.8) is 0 Å². The Morgan fingerprint density at radius 1 is 0.929 bits per heavy atom. The van der Waals surface area contributed by atoms with Gasteiger partial charge < -0.3 is 10.5 Å². The van der Waals surface area contributed by atoms with E-state index in [1.807, 2.05) is 13.1 Å². The van der Waals surface area contributed by atoms with Gasteiger partial charge in [0.2, 0.25) is 0 Å². The quantitative estimate of drug-likeness (QED) is 0.213. The number of nitrogens with one attached hydrogen (secondary N) is 1. The Hall–Kier alpha value is 1.37. The zero-order chi connectivity index (χ0) is 22.7. The van der Waals surface area contributed by atoms with Gasteiger partial charge in [-0.15, -0.1) is 0 Å². The Morgan fingerprint density at radius 2 is 1.39 bits per heavy atom. The first-order valence-corrected chi connectivity index (χ1v) is 19.0. The molecular formula is C15H37N3OS9. The minimum Gasteiger partial charge on any atom is -0.330 e. The van der Waals surface area contributed by atoms with E-state index in [2.05, 4.69) is 59.8 Å². The zero-order valence-corrected chi connectivity index (χ0v) is 25.1. The molecule has 0 rings (SSSR count). The van der Waals surface area contributed by atoms with Crippen molar-refractivity contribution < 1.29 is 4.79 Å². The van der Waals surface area contributed by atoms with Gasteiger partial charge in [-0.3, -0.25) is 9.71 Å². The topological polar surface area (TPSA) is 67.5 Å². The number of nitrogens with zero attached hydrogens (tertiary/aromatic N) is 1. The van der Waals surface area contributed by atoms with Crippen LogP contribution in [-0.2, 0) is 80.5 Å². The molecule has 0 aliphatic rings. The first kappa shape index (κ1) is 39.8. The van der Waals surface area contributed by atoms with E-state index >= 15 is 0 Å². The van der Waals surface area contributed by atoms with E-state index in [0.717, 1.165) is 38.8 Å². The van der Waals surface area contributed by atoms with Crippen LogP contribution in [-0.4, -0.2) is 37.9 Å². The molecule has 13 heteroatoms. The highest BCUT2D eigenvalue weighted by atomic mass is 33.4. The summed E-state index contributed by atoms with van der Waals surface area (Å²) in [6.07, 6.45) is 6.07. The largest absolute Gasteiger partial charge is 0.330 e. The molecule has 0 unspecified atom stereocenters. The van der Waals surface area contributed by atoms with E-state index in [1.165, 1.54) is 36.9 Å². The number of nitrogens with two attached hydrogens (primary N) is 1. The van der Waals surface area contributed by atoms with Crippen molar-refractivity contribution in [3.05, 3.63) is 0 Å². The standard InChI is InChI=1S/C5H13NS.C5H11N.C3H9N.C2H4O.S8/c1-3-5-6-7-4-2;1-3-5-6-4-2;1-2-3-4;1-2-3;1-3-5-7-8-6-4-2/h6H,3-5H2,1-2H3;4H,3,5H2,1-2H3;2-4H2,1H3;2H,1H3;. The number of carbonyl (C=O) groups excluding carboxylic acids is 1. The van der Waals surface area contributed by atoms with Gasteiger partial charge in [-0.2, -0.15) is 0 Å². The third-order valence-corrected chi connectivity index (χ3v) is 13.4. The van der Waals surface area contributed by atoms with Crippen LogP contribution < -0.4 is 10.5 Å². The molecule has 0 bridgehead atoms. The van der Waals surface area contributed by atoms with Crippen molar-refractivity contribution in [2.75, 3.05) is 25.4 Å². The van der Waals surface area contributed by atoms with Crippen LogP contribution in [0.3, 0.4) is 0 Å². The van der Waals surface area contributed by atoms with Gasteiger partial charge in [-0.05, 0) is 45.9 Å². The van der Waals surface area contributed by atoms with Crippen LogP contribution in [0.2, 0.25) is 0 Å². The highest BCUT2D eigenvalue weighted by Crippen LogP contribution is 1.88. The Labute approximate surface area is 204 Å². The molecule has 0 aliphatic heterocycles. The average molecular weight is 564 g/mol. The van der Waals surface area contributed by atoms with Crippen LogP contribution in [0.15, 0.2) is 4.99 Å². The smallest absolute Gasteiger partial charge is 0.116 e. The zero-order valence-electron chi connectivity index (χ0n) is 17.7. The summed E-state index contributed by atoms with van der Waals surface area (Å²) >= 11 is 11.0. The number of carbonyl (C=O) groups is 1. The summed E-state index contributed by atoms with van der Waals surface area (Å²) in [6, 6.07) is 0. The van der Waals surface area contributed by atoms with Crippen molar-refractivity contribution in [2.24, 2.45) is 10.7 Å². The van der Waals surface area contributed by atoms with E-state index in [9.17, 15) is 0 Å². The van der Waals surface area contributed by atoms with Crippen LogP contribution >= 0.6 is 11.9 Å². The second-order valence-corrected chi connectivity index (χ2v) is 15.7. The highest BCUT2D eigenvalue weighted by molar-refractivity contribution is 8.70. The number of aliphatic imine (C=N–C) groups is 1. The van der Waals surface area contributed by atoms with Gasteiger partial charge in [-0.25, -0.2) is 0 Å². The molecule has 0 spiro atoms. The summed E-state index contributed by atoms with van der Waals surface area (Å²) in [5, 5.41) is 0. The molecule has 0 aromatic carbocycles. The molecule has 0 saturated heterocycles. The normalized spacial score (nSPS) is 7.96. The fraction of sp³-hybridized carbons (Fsp3) is 0.867. The van der Waals surface area contributed by atoms with Gasteiger partial charge in [0.25, 0.3) is 0 Å². The van der Waals surface area contributed by atoms with Crippen molar-refractivity contribution in [2.45, 2.75) is 60.8 Å². The number of aldehydes is 1. The summed E-state index contributed by atoms with van der Waals surface area (Å²) in [5.41, 5.74) is 5.03. The lowest BCUT2D eigenvalue weighted by Gasteiger charge is -1.94. The molecule has 0 amide bonds. The summed E-state index contributed by atoms with van der Waals surface area (Å²) in [4.78, 5) is 12.8. The van der Waals surface area contributed by atoms with Crippen LogP contribution in [0.5, 0.6) is 0 Å². The summed E-state index contributed by atoms with van der Waals surface area (Å²) in [6.45, 7) is 14.8. The number of hydrogen-bond acceptors (Lipinski definition) is 7. The molecule has 0 aromatic rings. The van der Waals surface area contributed by atoms with Gasteiger partial charge in [0.05, 0.1) is 0 Å². The lowest BCUT2D eigenvalue weighted by atomic mass is 10.5. The predicted molar refractivity (Wildman–Crippen MR) is 156 cm³/mol. The van der Waals surface area contributed by atoms with E-state index in [0.29, 0.717) is 0 Å². The Bertz CT molecular complexity index is 489. The number of rotatable bonds is 7. The lowest BCUT2D eigenvalue weighted by Crippen LogP contribution is -2.03. The molecule has 0 fully saturated rings. The average Bonchev–Trinajstić information content (AvgIpc) is 2.72. The third kappa shape index (κ3) is 92.2. The van der Waals surface area contributed by atoms with Gasteiger partial charge >= 0.3 is 0 Å². The fourth-order valence-corrected chi connectivity index (χ4v) is 12.1. The van der Waals surface area contributed by atoms with Crippen molar-refractivity contribution in [1.82, 2.24) is 4.72 Å². The van der Waals surface area contributed by atoms with E-state index in [4.69, 9.17) is 10.5 Å². The molecule has 3 N–H and O–H groups in total. The Balaban J connectivity index is -0.0000000819. The van der Waals surface area contributed by atoms with Crippen LogP contribution in [0.25, 0.3) is 0 Å². The van der Waals surface area contributed by atoms with Crippen LogP contribution in [0.1, 0.15) is 60.8 Å². The molecule has 0 aromatic heterocycles. The predicted octanol–water partition coefficient (Wildman–Crippen LogP) is 3.68. The summed E-state index contributed by atoms with van der Waals surface area (Å²) in [5.74, 6) is 1.17. The Morgan fingerprint density at radius 3 is 1.61 bits per heavy atom. The minimum atomic E-state index is 0.750. The molecular weight excluding hydrogens is 527 g/mol. The van der Waals surface area contributed by atoms with E-state index in [1.54, 1.807) is 47.5 Å². The van der Waals surface area contributed by atoms with Crippen LogP contribution in [0.4, 0.5) is 0 Å². The molecule has 28 heavy (non-hydrogen) atoms. The third-order valence-electron chi connectivity index (χ3n) is 1.56.